The Morgan fingerprint density at radius 3 is 2.43 bits per heavy atom. The Hall–Kier alpha value is -0.560. The third kappa shape index (κ3) is 3.37. The van der Waals surface area contributed by atoms with Crippen LogP contribution in [0, 0.1) is 51.8 Å². The van der Waals surface area contributed by atoms with Crippen molar-refractivity contribution in [2.75, 3.05) is 0 Å². The lowest BCUT2D eigenvalue weighted by Gasteiger charge is -2.59. The Kier molecular flexibility index (Phi) is 5.87. The summed E-state index contributed by atoms with van der Waals surface area (Å²) in [5.74, 6) is 5.13. The minimum absolute atomic E-state index is 0.127. The zero-order valence-electron chi connectivity index (χ0n) is 20.9. The van der Waals surface area contributed by atoms with Gasteiger partial charge < -0.3 is 5.11 Å². The lowest BCUT2D eigenvalue weighted by molar-refractivity contribution is -0.0441. The van der Waals surface area contributed by atoms with Gasteiger partial charge in [0.05, 0.1) is 6.10 Å². The topological polar surface area (TPSA) is 20.2 Å². The molecule has 0 heterocycles. The van der Waals surface area contributed by atoms with Crippen LogP contribution in [0.25, 0.3) is 0 Å². The summed E-state index contributed by atoms with van der Waals surface area (Å²) in [6, 6.07) is 0. The van der Waals surface area contributed by atoms with Gasteiger partial charge in [0.1, 0.15) is 0 Å². The van der Waals surface area contributed by atoms with E-state index in [1.54, 1.807) is 0 Å². The molecule has 1 N–H and O–H groups in total. The summed E-state index contributed by atoms with van der Waals surface area (Å²) in [6.07, 6.45) is 17.9. The molecule has 1 heteroatoms. The first-order chi connectivity index (χ1) is 14.0. The third-order valence-corrected chi connectivity index (χ3v) is 10.6. The van der Waals surface area contributed by atoms with Gasteiger partial charge in [-0.1, -0.05) is 91.5 Å². The molecule has 0 aromatic carbocycles. The fraction of sp³-hybridized carbons (Fsp3) is 0.862. The van der Waals surface area contributed by atoms with Crippen molar-refractivity contribution in [1.29, 1.82) is 0 Å². The fourth-order valence-corrected chi connectivity index (χ4v) is 8.92. The molecule has 0 aromatic rings. The van der Waals surface area contributed by atoms with E-state index in [2.05, 4.69) is 66.7 Å². The fourth-order valence-electron chi connectivity index (χ4n) is 8.92. The van der Waals surface area contributed by atoms with Crippen LogP contribution in [0.2, 0.25) is 0 Å². The molecule has 0 amide bonds. The Bertz CT molecular complexity index is 699. The molecular formula is C29H48O. The van der Waals surface area contributed by atoms with E-state index in [9.17, 15) is 5.11 Å². The number of hydrogen-bond acceptors (Lipinski definition) is 1. The zero-order chi connectivity index (χ0) is 21.9. The molecule has 4 rings (SSSR count). The van der Waals surface area contributed by atoms with Gasteiger partial charge in [0.25, 0.3) is 0 Å². The monoisotopic (exact) mass is 412 g/mol. The molecule has 4 aliphatic rings. The SMILES string of the molecule is CC(C)CCC[C@@H](C)[C@H]1CC[C@H]2[C@@H]3CC=C4C(C)(C)[C@@H](O)C=C[C@]4(C)[C@H]3CC[C@]12C. The van der Waals surface area contributed by atoms with Crippen LogP contribution in [-0.2, 0) is 0 Å². The van der Waals surface area contributed by atoms with Crippen LogP contribution >= 0.6 is 0 Å². The average Bonchev–Trinajstić information content (AvgIpc) is 3.02. The highest BCUT2D eigenvalue weighted by Gasteiger charge is 2.60. The van der Waals surface area contributed by atoms with Crippen LogP contribution in [0.15, 0.2) is 23.8 Å². The van der Waals surface area contributed by atoms with E-state index in [0.29, 0.717) is 5.41 Å². The van der Waals surface area contributed by atoms with Crippen molar-refractivity contribution in [2.24, 2.45) is 51.8 Å². The van der Waals surface area contributed by atoms with Gasteiger partial charge in [0, 0.05) is 10.8 Å². The normalized spacial score (nSPS) is 45.5. The predicted octanol–water partition coefficient (Wildman–Crippen LogP) is 7.80. The molecule has 2 saturated carbocycles. The van der Waals surface area contributed by atoms with Gasteiger partial charge in [-0.05, 0) is 73.0 Å². The lowest BCUT2D eigenvalue weighted by Crippen LogP contribution is -2.53. The largest absolute Gasteiger partial charge is 0.388 e. The summed E-state index contributed by atoms with van der Waals surface area (Å²) in [4.78, 5) is 0. The first-order valence-corrected chi connectivity index (χ1v) is 13.1. The van der Waals surface area contributed by atoms with Gasteiger partial charge in [-0.3, -0.25) is 0 Å². The van der Waals surface area contributed by atoms with Crippen molar-refractivity contribution in [3.8, 4) is 0 Å². The van der Waals surface area contributed by atoms with Crippen molar-refractivity contribution >= 4 is 0 Å². The minimum Gasteiger partial charge on any atom is -0.388 e. The van der Waals surface area contributed by atoms with Crippen LogP contribution in [0.5, 0.6) is 0 Å². The number of allylic oxidation sites excluding steroid dienone is 2. The Morgan fingerprint density at radius 1 is 1.00 bits per heavy atom. The maximum atomic E-state index is 10.7. The molecule has 0 radical (unpaired) electrons. The van der Waals surface area contributed by atoms with E-state index in [0.717, 1.165) is 35.5 Å². The number of aliphatic hydroxyl groups is 1. The standard InChI is InChI=1S/C29H48O/c1-19(2)9-8-10-20(3)22-12-13-23-21-11-14-25-27(4,5)26(30)16-18-29(25,7)24(21)15-17-28(22,23)6/h14,16,18-24,26,30H,8-13,15,17H2,1-7H3/t20-,21+,22-,23+,24+,26+,28-,29-/m1/s1. The summed E-state index contributed by atoms with van der Waals surface area (Å²) in [7, 11) is 0. The van der Waals surface area contributed by atoms with Crippen LogP contribution in [0.3, 0.4) is 0 Å². The van der Waals surface area contributed by atoms with Crippen molar-refractivity contribution in [2.45, 2.75) is 106 Å². The van der Waals surface area contributed by atoms with Crippen molar-refractivity contribution in [3.63, 3.8) is 0 Å². The minimum atomic E-state index is -0.343. The van der Waals surface area contributed by atoms with Gasteiger partial charge in [-0.25, -0.2) is 0 Å². The van der Waals surface area contributed by atoms with E-state index in [1.807, 2.05) is 0 Å². The van der Waals surface area contributed by atoms with Gasteiger partial charge >= 0.3 is 0 Å². The number of aliphatic hydroxyl groups excluding tert-OH is 1. The van der Waals surface area contributed by atoms with Crippen molar-refractivity contribution < 1.29 is 5.11 Å². The molecule has 0 aromatic heterocycles. The van der Waals surface area contributed by atoms with Gasteiger partial charge in [0.2, 0.25) is 0 Å². The second-order valence-electron chi connectivity index (χ2n) is 13.1. The van der Waals surface area contributed by atoms with Crippen molar-refractivity contribution in [3.05, 3.63) is 23.8 Å². The smallest absolute Gasteiger partial charge is 0.0809 e. The highest BCUT2D eigenvalue weighted by Crippen LogP contribution is 2.68. The van der Waals surface area contributed by atoms with Gasteiger partial charge in [-0.2, -0.15) is 0 Å². The number of fused-ring (bicyclic) bond motifs is 5. The van der Waals surface area contributed by atoms with Crippen LogP contribution in [0.1, 0.15) is 99.8 Å². The molecular weight excluding hydrogens is 364 g/mol. The Labute approximate surface area is 186 Å². The zero-order valence-corrected chi connectivity index (χ0v) is 20.9. The quantitative estimate of drug-likeness (QED) is 0.457. The Morgan fingerprint density at radius 2 is 1.73 bits per heavy atom. The second kappa shape index (κ2) is 7.79. The van der Waals surface area contributed by atoms with Gasteiger partial charge in [-0.15, -0.1) is 0 Å². The highest BCUT2D eigenvalue weighted by atomic mass is 16.3. The first kappa shape index (κ1) is 22.6. The molecule has 30 heavy (non-hydrogen) atoms. The molecule has 0 spiro atoms. The average molecular weight is 413 g/mol. The molecule has 2 fully saturated rings. The predicted molar refractivity (Wildman–Crippen MR) is 128 cm³/mol. The van der Waals surface area contributed by atoms with Crippen LogP contribution in [-0.4, -0.2) is 11.2 Å². The molecule has 4 aliphatic carbocycles. The maximum absolute atomic E-state index is 10.7. The summed E-state index contributed by atoms with van der Waals surface area (Å²) in [5, 5.41) is 10.7. The van der Waals surface area contributed by atoms with E-state index < -0.39 is 0 Å². The molecule has 8 atom stereocenters. The molecule has 0 aliphatic heterocycles. The summed E-state index contributed by atoms with van der Waals surface area (Å²) in [5.41, 5.74) is 2.09. The highest BCUT2D eigenvalue weighted by molar-refractivity contribution is 5.38. The summed E-state index contributed by atoms with van der Waals surface area (Å²) in [6.45, 7) is 17.0. The number of rotatable bonds is 5. The van der Waals surface area contributed by atoms with E-state index >= 15 is 0 Å². The molecule has 1 nitrogen and oxygen atoms in total. The first-order valence-electron chi connectivity index (χ1n) is 13.1. The number of hydrogen-bond donors (Lipinski definition) is 1. The molecule has 170 valence electrons. The molecule has 0 unspecified atom stereocenters. The lowest BCUT2D eigenvalue weighted by atomic mass is 9.45. The molecule has 0 bridgehead atoms. The van der Waals surface area contributed by atoms with Crippen LogP contribution < -0.4 is 0 Å². The molecule has 0 saturated heterocycles. The van der Waals surface area contributed by atoms with Crippen LogP contribution in [0.4, 0.5) is 0 Å². The van der Waals surface area contributed by atoms with E-state index in [4.69, 9.17) is 0 Å². The van der Waals surface area contributed by atoms with Crippen molar-refractivity contribution in [1.82, 2.24) is 0 Å². The van der Waals surface area contributed by atoms with E-state index in [1.165, 1.54) is 56.9 Å². The summed E-state index contributed by atoms with van der Waals surface area (Å²) < 4.78 is 0. The third-order valence-electron chi connectivity index (χ3n) is 10.6. The second-order valence-corrected chi connectivity index (χ2v) is 13.1. The maximum Gasteiger partial charge on any atom is 0.0809 e. The van der Waals surface area contributed by atoms with Gasteiger partial charge in [0.15, 0.2) is 0 Å². The van der Waals surface area contributed by atoms with E-state index in [-0.39, 0.29) is 16.9 Å². The summed E-state index contributed by atoms with van der Waals surface area (Å²) >= 11 is 0. The Balaban J connectivity index is 1.55.